The Hall–Kier alpha value is -3.82. The quantitative estimate of drug-likeness (QED) is 0.368. The van der Waals surface area contributed by atoms with E-state index in [1.54, 1.807) is 36.4 Å². The maximum atomic E-state index is 12.8. The number of amides is 3. The number of nitrogens with zero attached hydrogens (tertiary/aromatic N) is 1. The zero-order chi connectivity index (χ0) is 23.6. The molecular weight excluding hydrogens is 428 g/mol. The van der Waals surface area contributed by atoms with Gasteiger partial charge in [-0.1, -0.05) is 19.4 Å². The second-order valence-electron chi connectivity index (χ2n) is 7.54. The van der Waals surface area contributed by atoms with Crippen molar-refractivity contribution >= 4 is 35.1 Å². The Bertz CT molecular complexity index is 975. The van der Waals surface area contributed by atoms with E-state index in [1.807, 2.05) is 6.92 Å². The van der Waals surface area contributed by atoms with E-state index in [2.05, 4.69) is 16.0 Å². The summed E-state index contributed by atoms with van der Waals surface area (Å²) in [4.78, 5) is 50.8. The molecule has 0 saturated carbocycles. The number of esters is 1. The van der Waals surface area contributed by atoms with Crippen molar-refractivity contribution in [2.45, 2.75) is 32.2 Å². The van der Waals surface area contributed by atoms with E-state index in [0.29, 0.717) is 31.1 Å². The van der Waals surface area contributed by atoms with Gasteiger partial charge in [0.2, 0.25) is 11.8 Å². The molecule has 176 valence electrons. The fraction of sp³-hybridized carbons (Fsp3) is 0.391. The van der Waals surface area contributed by atoms with Gasteiger partial charge in [-0.05, 0) is 36.8 Å². The van der Waals surface area contributed by atoms with Gasteiger partial charge in [0.1, 0.15) is 6.04 Å². The van der Waals surface area contributed by atoms with Crippen LogP contribution in [0.5, 0.6) is 0 Å². The fourth-order valence-corrected chi connectivity index (χ4v) is 3.35. The summed E-state index contributed by atoms with van der Waals surface area (Å²) in [5.74, 6) is -1.39. The minimum atomic E-state index is -0.902. The lowest BCUT2D eigenvalue weighted by Gasteiger charge is -2.34. The number of unbranched alkanes of at least 4 members (excludes halogenated alkanes) is 1. The third-order valence-electron chi connectivity index (χ3n) is 5.08. The first kappa shape index (κ1) is 23.8. The van der Waals surface area contributed by atoms with Gasteiger partial charge >= 0.3 is 5.97 Å². The molecule has 0 aliphatic carbocycles. The molecule has 3 rings (SSSR count). The highest BCUT2D eigenvalue weighted by Crippen LogP contribution is 2.17. The standard InChI is InChI=1S/C23H28N4O6/c1-2-3-11-33-21(29)14-18-22(30)24-9-10-27(18)20(28)15-25-16-6-4-7-17(13-16)26-23(31)19-8-5-12-32-19/h4-8,12-13,18,25H,2-3,9-11,14-15H2,1H3,(H,24,30)(H,26,31). The average Bonchev–Trinajstić information content (AvgIpc) is 3.34. The number of furan rings is 1. The molecule has 1 fully saturated rings. The van der Waals surface area contributed by atoms with Crippen molar-refractivity contribution in [2.75, 3.05) is 36.9 Å². The molecule has 1 aromatic heterocycles. The molecule has 1 unspecified atom stereocenters. The van der Waals surface area contributed by atoms with Gasteiger partial charge in [-0.15, -0.1) is 0 Å². The summed E-state index contributed by atoms with van der Waals surface area (Å²) < 4.78 is 10.2. The molecule has 2 heterocycles. The molecule has 1 atom stereocenters. The van der Waals surface area contributed by atoms with E-state index in [1.165, 1.54) is 11.2 Å². The van der Waals surface area contributed by atoms with Crippen molar-refractivity contribution in [3.05, 3.63) is 48.4 Å². The molecule has 0 radical (unpaired) electrons. The third-order valence-corrected chi connectivity index (χ3v) is 5.08. The van der Waals surface area contributed by atoms with Crippen LogP contribution in [0.3, 0.4) is 0 Å². The molecule has 1 aliphatic rings. The summed E-state index contributed by atoms with van der Waals surface area (Å²) in [7, 11) is 0. The molecule has 0 spiro atoms. The van der Waals surface area contributed by atoms with Crippen molar-refractivity contribution in [1.82, 2.24) is 10.2 Å². The number of carbonyl (C=O) groups excluding carboxylic acids is 4. The van der Waals surface area contributed by atoms with Gasteiger partial charge in [0.05, 0.1) is 25.8 Å². The first-order chi connectivity index (χ1) is 16.0. The summed E-state index contributed by atoms with van der Waals surface area (Å²) in [5.41, 5.74) is 1.14. The summed E-state index contributed by atoms with van der Waals surface area (Å²) >= 11 is 0. The average molecular weight is 456 g/mol. The Labute approximate surface area is 191 Å². The van der Waals surface area contributed by atoms with Crippen LogP contribution in [-0.4, -0.2) is 60.9 Å². The lowest BCUT2D eigenvalue weighted by atomic mass is 10.1. The highest BCUT2D eigenvalue weighted by molar-refractivity contribution is 6.02. The Morgan fingerprint density at radius 1 is 1.21 bits per heavy atom. The summed E-state index contributed by atoms with van der Waals surface area (Å²) in [6, 6.07) is 9.15. The minimum absolute atomic E-state index is 0.0791. The van der Waals surface area contributed by atoms with E-state index >= 15 is 0 Å². The van der Waals surface area contributed by atoms with Crippen LogP contribution in [0.2, 0.25) is 0 Å². The molecule has 0 bridgehead atoms. The second-order valence-corrected chi connectivity index (χ2v) is 7.54. The number of carbonyl (C=O) groups is 4. The fourth-order valence-electron chi connectivity index (χ4n) is 3.35. The Morgan fingerprint density at radius 3 is 2.79 bits per heavy atom. The molecule has 10 nitrogen and oxygen atoms in total. The first-order valence-electron chi connectivity index (χ1n) is 10.9. The Balaban J connectivity index is 1.56. The third kappa shape index (κ3) is 6.83. The van der Waals surface area contributed by atoms with Crippen LogP contribution < -0.4 is 16.0 Å². The van der Waals surface area contributed by atoms with Crippen molar-refractivity contribution in [2.24, 2.45) is 0 Å². The van der Waals surface area contributed by atoms with Crippen molar-refractivity contribution in [3.63, 3.8) is 0 Å². The van der Waals surface area contributed by atoms with E-state index in [-0.39, 0.29) is 36.4 Å². The van der Waals surface area contributed by atoms with E-state index < -0.39 is 12.0 Å². The van der Waals surface area contributed by atoms with Crippen molar-refractivity contribution in [1.29, 1.82) is 0 Å². The molecule has 1 aliphatic heterocycles. The monoisotopic (exact) mass is 456 g/mol. The predicted molar refractivity (Wildman–Crippen MR) is 121 cm³/mol. The SMILES string of the molecule is CCCCOC(=O)CC1C(=O)NCCN1C(=O)CNc1cccc(NC(=O)c2ccco2)c1. The van der Waals surface area contributed by atoms with E-state index in [4.69, 9.17) is 9.15 Å². The lowest BCUT2D eigenvalue weighted by molar-refractivity contribution is -0.151. The molecule has 3 N–H and O–H groups in total. The van der Waals surface area contributed by atoms with Gasteiger partial charge in [-0.2, -0.15) is 0 Å². The number of hydrogen-bond acceptors (Lipinski definition) is 7. The van der Waals surface area contributed by atoms with Crippen LogP contribution >= 0.6 is 0 Å². The van der Waals surface area contributed by atoms with Crippen molar-refractivity contribution in [3.8, 4) is 0 Å². The van der Waals surface area contributed by atoms with Gasteiger partial charge in [0.15, 0.2) is 5.76 Å². The molecular formula is C23H28N4O6. The van der Waals surface area contributed by atoms with Crippen LogP contribution in [0.4, 0.5) is 11.4 Å². The maximum absolute atomic E-state index is 12.8. The van der Waals surface area contributed by atoms with Crippen molar-refractivity contribution < 1.29 is 28.3 Å². The van der Waals surface area contributed by atoms with Gasteiger partial charge in [-0.3, -0.25) is 19.2 Å². The molecule has 1 saturated heterocycles. The molecule has 10 heteroatoms. The van der Waals surface area contributed by atoms with Crippen LogP contribution in [0.1, 0.15) is 36.7 Å². The van der Waals surface area contributed by atoms with Crippen LogP contribution in [0.25, 0.3) is 0 Å². The number of piperazine rings is 1. The molecule has 2 aromatic rings. The topological polar surface area (TPSA) is 130 Å². The summed E-state index contributed by atoms with van der Waals surface area (Å²) in [5, 5.41) is 8.42. The van der Waals surface area contributed by atoms with Gasteiger partial charge in [0.25, 0.3) is 5.91 Å². The number of benzene rings is 1. The van der Waals surface area contributed by atoms with E-state index in [0.717, 1.165) is 12.8 Å². The van der Waals surface area contributed by atoms with Gasteiger partial charge in [-0.25, -0.2) is 0 Å². The lowest BCUT2D eigenvalue weighted by Crippen LogP contribution is -2.58. The Kier molecular flexibility index (Phi) is 8.45. The minimum Gasteiger partial charge on any atom is -0.466 e. The number of anilines is 2. The zero-order valence-electron chi connectivity index (χ0n) is 18.5. The number of hydrogen-bond donors (Lipinski definition) is 3. The Morgan fingerprint density at radius 2 is 2.03 bits per heavy atom. The van der Waals surface area contributed by atoms with Gasteiger partial charge < -0.3 is 30.0 Å². The summed E-state index contributed by atoms with van der Waals surface area (Å²) in [6.07, 6.45) is 2.87. The highest BCUT2D eigenvalue weighted by Gasteiger charge is 2.34. The normalized spacial score (nSPS) is 15.5. The largest absolute Gasteiger partial charge is 0.466 e. The van der Waals surface area contributed by atoms with Crippen LogP contribution in [0.15, 0.2) is 47.1 Å². The maximum Gasteiger partial charge on any atom is 0.308 e. The summed E-state index contributed by atoms with van der Waals surface area (Å²) in [6.45, 7) is 2.83. The predicted octanol–water partition coefficient (Wildman–Crippen LogP) is 2.00. The smallest absolute Gasteiger partial charge is 0.308 e. The number of ether oxygens (including phenoxy) is 1. The first-order valence-corrected chi connectivity index (χ1v) is 10.9. The number of rotatable bonds is 10. The highest BCUT2D eigenvalue weighted by atomic mass is 16.5. The van der Waals surface area contributed by atoms with Crippen LogP contribution in [-0.2, 0) is 19.1 Å². The van der Waals surface area contributed by atoms with Crippen LogP contribution in [0, 0.1) is 0 Å². The molecule has 1 aromatic carbocycles. The van der Waals surface area contributed by atoms with Gasteiger partial charge in [0, 0.05) is 24.5 Å². The van der Waals surface area contributed by atoms with E-state index in [9.17, 15) is 19.2 Å². The number of nitrogens with one attached hydrogen (secondary N) is 3. The second kappa shape index (κ2) is 11.7. The molecule has 33 heavy (non-hydrogen) atoms. The molecule has 3 amide bonds. The zero-order valence-corrected chi connectivity index (χ0v) is 18.5.